The summed E-state index contributed by atoms with van der Waals surface area (Å²) in [5.41, 5.74) is 1.17. The number of likely N-dealkylation sites (tertiary alicyclic amines) is 1. The van der Waals surface area contributed by atoms with Crippen LogP contribution in [0, 0.1) is 10.8 Å². The Kier molecular flexibility index (Phi) is 1.99. The monoisotopic (exact) mass is 181 g/mol. The minimum absolute atomic E-state index is 0.575. The molecule has 1 aliphatic heterocycles. The molecule has 0 N–H and O–H groups in total. The molecule has 0 spiro atoms. The lowest BCUT2D eigenvalue weighted by Crippen LogP contribution is -2.51. The van der Waals surface area contributed by atoms with Gasteiger partial charge in [0.05, 0.1) is 0 Å². The van der Waals surface area contributed by atoms with E-state index in [2.05, 4.69) is 32.6 Å². The van der Waals surface area contributed by atoms with Crippen molar-refractivity contribution in [3.8, 4) is 0 Å². The number of nitrogens with zero attached hydrogens (tertiary/aromatic N) is 1. The van der Waals surface area contributed by atoms with Crippen molar-refractivity contribution in [1.29, 1.82) is 0 Å². The molecule has 2 fully saturated rings. The molecule has 1 heteroatoms. The van der Waals surface area contributed by atoms with Crippen molar-refractivity contribution in [2.45, 2.75) is 53.0 Å². The van der Waals surface area contributed by atoms with Gasteiger partial charge in [-0.3, -0.25) is 4.90 Å². The van der Waals surface area contributed by atoms with E-state index >= 15 is 0 Å². The van der Waals surface area contributed by atoms with Crippen LogP contribution in [0.3, 0.4) is 0 Å². The summed E-state index contributed by atoms with van der Waals surface area (Å²) < 4.78 is 0. The molecule has 1 unspecified atom stereocenters. The third-order valence-electron chi connectivity index (χ3n) is 4.11. The van der Waals surface area contributed by atoms with Crippen molar-refractivity contribution >= 4 is 0 Å². The molecule has 2 aliphatic rings. The average Bonchev–Trinajstić information content (AvgIpc) is 2.28. The molecule has 0 radical (unpaired) electrons. The van der Waals surface area contributed by atoms with Gasteiger partial charge >= 0.3 is 0 Å². The van der Waals surface area contributed by atoms with Gasteiger partial charge in [0, 0.05) is 12.6 Å². The van der Waals surface area contributed by atoms with Gasteiger partial charge in [-0.25, -0.2) is 0 Å². The van der Waals surface area contributed by atoms with E-state index < -0.39 is 0 Å². The first-order chi connectivity index (χ1) is 5.91. The van der Waals surface area contributed by atoms with Crippen molar-refractivity contribution in [1.82, 2.24) is 4.90 Å². The van der Waals surface area contributed by atoms with Crippen molar-refractivity contribution in [2.24, 2.45) is 10.8 Å². The van der Waals surface area contributed by atoms with Gasteiger partial charge in [-0.2, -0.15) is 0 Å². The van der Waals surface area contributed by atoms with Crippen LogP contribution in [0.2, 0.25) is 0 Å². The maximum atomic E-state index is 2.73. The normalized spacial score (nSPS) is 37.4. The minimum atomic E-state index is 0.575. The smallest absolute Gasteiger partial charge is 0.0147 e. The van der Waals surface area contributed by atoms with Gasteiger partial charge in [0.15, 0.2) is 0 Å². The van der Waals surface area contributed by atoms with Gasteiger partial charge in [0.1, 0.15) is 0 Å². The largest absolute Gasteiger partial charge is 0.299 e. The van der Waals surface area contributed by atoms with Crippen LogP contribution in [0.25, 0.3) is 0 Å². The zero-order chi connectivity index (χ0) is 9.69. The predicted molar refractivity (Wildman–Crippen MR) is 56.8 cm³/mol. The molecule has 1 atom stereocenters. The standard InChI is InChI=1S/C12H23N/c1-11(2)7-8-13(9-11)10-5-6-12(10,3)4/h10H,5-9H2,1-4H3. The first kappa shape index (κ1) is 9.51. The number of hydrogen-bond acceptors (Lipinski definition) is 1. The van der Waals surface area contributed by atoms with Gasteiger partial charge in [-0.05, 0) is 36.6 Å². The molecule has 0 aromatic heterocycles. The summed E-state index contributed by atoms with van der Waals surface area (Å²) in [4.78, 5) is 2.73. The van der Waals surface area contributed by atoms with Crippen molar-refractivity contribution in [3.05, 3.63) is 0 Å². The Morgan fingerprint density at radius 1 is 1.08 bits per heavy atom. The van der Waals surface area contributed by atoms with Crippen LogP contribution in [0.5, 0.6) is 0 Å². The highest BCUT2D eigenvalue weighted by Gasteiger charge is 2.45. The third kappa shape index (κ3) is 1.63. The second-order valence-corrected chi connectivity index (χ2v) is 6.43. The van der Waals surface area contributed by atoms with Gasteiger partial charge in [0.25, 0.3) is 0 Å². The van der Waals surface area contributed by atoms with E-state index in [9.17, 15) is 0 Å². The maximum Gasteiger partial charge on any atom is 0.0147 e. The zero-order valence-corrected chi connectivity index (χ0v) is 9.56. The topological polar surface area (TPSA) is 3.24 Å². The van der Waals surface area contributed by atoms with E-state index in [0.29, 0.717) is 10.8 Å². The predicted octanol–water partition coefficient (Wildman–Crippen LogP) is 2.91. The molecular formula is C12H23N. The molecule has 1 aliphatic carbocycles. The highest BCUT2D eigenvalue weighted by molar-refractivity contribution is 4.99. The van der Waals surface area contributed by atoms with Crippen molar-refractivity contribution in [3.63, 3.8) is 0 Å². The molecule has 13 heavy (non-hydrogen) atoms. The number of hydrogen-bond donors (Lipinski definition) is 0. The van der Waals surface area contributed by atoms with Gasteiger partial charge in [-0.15, -0.1) is 0 Å². The van der Waals surface area contributed by atoms with Crippen molar-refractivity contribution in [2.75, 3.05) is 13.1 Å². The van der Waals surface area contributed by atoms with Crippen LogP contribution in [0.1, 0.15) is 47.0 Å². The van der Waals surface area contributed by atoms with E-state index in [-0.39, 0.29) is 0 Å². The molecule has 0 aromatic carbocycles. The molecular weight excluding hydrogens is 158 g/mol. The van der Waals surface area contributed by atoms with Crippen molar-refractivity contribution < 1.29 is 0 Å². The zero-order valence-electron chi connectivity index (χ0n) is 9.56. The Morgan fingerprint density at radius 3 is 2.08 bits per heavy atom. The lowest BCUT2D eigenvalue weighted by atomic mass is 9.66. The Bertz CT molecular complexity index is 205. The van der Waals surface area contributed by atoms with Crippen LogP contribution < -0.4 is 0 Å². The first-order valence-electron chi connectivity index (χ1n) is 5.65. The molecule has 0 aromatic rings. The van der Waals surface area contributed by atoms with Crippen LogP contribution >= 0.6 is 0 Å². The molecule has 1 nitrogen and oxygen atoms in total. The second kappa shape index (κ2) is 2.73. The first-order valence-corrected chi connectivity index (χ1v) is 5.65. The molecule has 1 heterocycles. The van der Waals surface area contributed by atoms with E-state index in [0.717, 1.165) is 6.04 Å². The van der Waals surface area contributed by atoms with Crippen LogP contribution in [0.15, 0.2) is 0 Å². The van der Waals surface area contributed by atoms with Crippen LogP contribution in [0.4, 0.5) is 0 Å². The fourth-order valence-electron chi connectivity index (χ4n) is 2.95. The summed E-state index contributed by atoms with van der Waals surface area (Å²) in [6.07, 6.45) is 4.25. The summed E-state index contributed by atoms with van der Waals surface area (Å²) >= 11 is 0. The van der Waals surface area contributed by atoms with Gasteiger partial charge < -0.3 is 0 Å². The fourth-order valence-corrected chi connectivity index (χ4v) is 2.95. The third-order valence-corrected chi connectivity index (χ3v) is 4.11. The Hall–Kier alpha value is -0.0400. The van der Waals surface area contributed by atoms with Gasteiger partial charge in [-0.1, -0.05) is 27.7 Å². The lowest BCUT2D eigenvalue weighted by molar-refractivity contribution is 0.00937. The molecule has 0 bridgehead atoms. The highest BCUT2D eigenvalue weighted by atomic mass is 15.2. The summed E-state index contributed by atoms with van der Waals surface area (Å²) in [6, 6.07) is 0.884. The quantitative estimate of drug-likeness (QED) is 0.601. The van der Waals surface area contributed by atoms with E-state index in [1.807, 2.05) is 0 Å². The van der Waals surface area contributed by atoms with Crippen LogP contribution in [-0.4, -0.2) is 24.0 Å². The molecule has 0 amide bonds. The summed E-state index contributed by atoms with van der Waals surface area (Å²) in [7, 11) is 0. The average molecular weight is 181 g/mol. The molecule has 2 rings (SSSR count). The second-order valence-electron chi connectivity index (χ2n) is 6.43. The Labute approximate surface area is 82.5 Å². The number of rotatable bonds is 1. The fraction of sp³-hybridized carbons (Fsp3) is 1.00. The van der Waals surface area contributed by atoms with E-state index in [1.165, 1.54) is 32.4 Å². The molecule has 76 valence electrons. The maximum absolute atomic E-state index is 2.73. The molecule has 1 saturated heterocycles. The van der Waals surface area contributed by atoms with Gasteiger partial charge in [0.2, 0.25) is 0 Å². The summed E-state index contributed by atoms with van der Waals surface area (Å²) in [5.74, 6) is 0. The summed E-state index contributed by atoms with van der Waals surface area (Å²) in [6.45, 7) is 12.3. The summed E-state index contributed by atoms with van der Waals surface area (Å²) in [5, 5.41) is 0. The highest BCUT2D eigenvalue weighted by Crippen LogP contribution is 2.46. The lowest BCUT2D eigenvalue weighted by Gasteiger charge is -2.49. The minimum Gasteiger partial charge on any atom is -0.299 e. The van der Waals surface area contributed by atoms with E-state index in [4.69, 9.17) is 0 Å². The van der Waals surface area contributed by atoms with Crippen LogP contribution in [-0.2, 0) is 0 Å². The Balaban J connectivity index is 1.97. The Morgan fingerprint density at radius 2 is 1.77 bits per heavy atom. The molecule has 1 saturated carbocycles. The van der Waals surface area contributed by atoms with E-state index in [1.54, 1.807) is 0 Å². The SMILES string of the molecule is CC1(C)CCN(C2CCC2(C)C)C1.